The standard InChI is InChI=1S/C16H22N6O5/c23-8-11-10(24)7-12(27-11)22-9-18-13-14(22)19-16(20-15(13)25)17-1-2-21-3-5-26-6-4-21/h1,9-12,23-24H,2-8H2,(H,19,20,25)/t10-,11+,12+/m0/s1. The molecular weight excluding hydrogens is 356 g/mol. The molecule has 0 unspecified atom stereocenters. The molecule has 2 fully saturated rings. The molecule has 0 aromatic carbocycles. The fourth-order valence-electron chi connectivity index (χ4n) is 3.26. The van der Waals surface area contributed by atoms with Crippen LogP contribution in [0.3, 0.4) is 0 Å². The molecule has 146 valence electrons. The molecule has 3 N–H and O–H groups in total. The van der Waals surface area contributed by atoms with Crippen molar-refractivity contribution in [2.75, 3.05) is 39.5 Å². The Hall–Kier alpha value is -2.18. The lowest BCUT2D eigenvalue weighted by atomic mass is 10.2. The molecule has 3 atom stereocenters. The van der Waals surface area contributed by atoms with Crippen LogP contribution in [0, 0.1) is 0 Å². The lowest BCUT2D eigenvalue weighted by Crippen LogP contribution is -2.37. The molecule has 0 saturated carbocycles. The Morgan fingerprint density at radius 2 is 2.22 bits per heavy atom. The second kappa shape index (κ2) is 7.82. The van der Waals surface area contributed by atoms with E-state index in [1.165, 1.54) is 6.33 Å². The molecule has 4 rings (SSSR count). The monoisotopic (exact) mass is 378 g/mol. The number of aromatic nitrogens is 4. The van der Waals surface area contributed by atoms with E-state index in [4.69, 9.17) is 9.47 Å². The highest BCUT2D eigenvalue weighted by molar-refractivity contribution is 5.71. The van der Waals surface area contributed by atoms with Crippen molar-refractivity contribution in [2.45, 2.75) is 24.9 Å². The number of ether oxygens (including phenoxy) is 2. The lowest BCUT2D eigenvalue weighted by molar-refractivity contribution is -0.0432. The van der Waals surface area contributed by atoms with Gasteiger partial charge in [-0.05, 0) is 0 Å². The molecule has 2 aromatic rings. The molecule has 2 saturated heterocycles. The Balaban J connectivity index is 1.56. The number of nitrogens with zero attached hydrogens (tertiary/aromatic N) is 5. The summed E-state index contributed by atoms with van der Waals surface area (Å²) in [5, 5.41) is 19.2. The second-order valence-corrected chi connectivity index (χ2v) is 6.55. The predicted octanol–water partition coefficient (Wildman–Crippen LogP) is -1.21. The summed E-state index contributed by atoms with van der Waals surface area (Å²) in [5.74, 6) is 0.180. The van der Waals surface area contributed by atoms with Crippen LogP contribution in [-0.2, 0) is 9.47 Å². The summed E-state index contributed by atoms with van der Waals surface area (Å²) >= 11 is 0. The molecule has 0 aliphatic carbocycles. The van der Waals surface area contributed by atoms with Gasteiger partial charge < -0.3 is 19.7 Å². The molecular formula is C16H22N6O5. The first kappa shape index (κ1) is 18.2. The SMILES string of the molecule is O=c1[nH]c(N=CCN2CCOCC2)nc2c1ncn2[C@H]1C[C@H](O)[C@@H](CO)O1. The zero-order chi connectivity index (χ0) is 18.8. The van der Waals surface area contributed by atoms with E-state index >= 15 is 0 Å². The van der Waals surface area contributed by atoms with E-state index in [9.17, 15) is 15.0 Å². The molecule has 11 heteroatoms. The average molecular weight is 378 g/mol. The van der Waals surface area contributed by atoms with E-state index in [2.05, 4.69) is 24.8 Å². The number of morpholine rings is 1. The topological polar surface area (TPSA) is 138 Å². The fraction of sp³-hybridized carbons (Fsp3) is 0.625. The molecule has 0 bridgehead atoms. The Kier molecular flexibility index (Phi) is 5.27. The Bertz CT molecular complexity index is 874. The number of aromatic amines is 1. The molecule has 4 heterocycles. The van der Waals surface area contributed by atoms with Crippen molar-refractivity contribution < 1.29 is 19.7 Å². The van der Waals surface area contributed by atoms with E-state index in [1.807, 2.05) is 0 Å². The van der Waals surface area contributed by atoms with Crippen LogP contribution in [0.5, 0.6) is 0 Å². The molecule has 2 aromatic heterocycles. The van der Waals surface area contributed by atoms with Gasteiger partial charge in [0, 0.05) is 32.3 Å². The zero-order valence-corrected chi connectivity index (χ0v) is 14.7. The average Bonchev–Trinajstić information content (AvgIpc) is 3.26. The van der Waals surface area contributed by atoms with Gasteiger partial charge in [-0.25, -0.2) is 9.98 Å². The number of fused-ring (bicyclic) bond motifs is 1. The van der Waals surface area contributed by atoms with Gasteiger partial charge in [-0.1, -0.05) is 0 Å². The highest BCUT2D eigenvalue weighted by Crippen LogP contribution is 2.30. The van der Waals surface area contributed by atoms with Crippen LogP contribution in [0.25, 0.3) is 11.2 Å². The van der Waals surface area contributed by atoms with Gasteiger partial charge >= 0.3 is 0 Å². The van der Waals surface area contributed by atoms with Crippen LogP contribution in [0.4, 0.5) is 5.95 Å². The Labute approximate surface area is 154 Å². The minimum Gasteiger partial charge on any atom is -0.394 e. The first-order chi connectivity index (χ1) is 13.2. The van der Waals surface area contributed by atoms with Crippen LogP contribution in [0.1, 0.15) is 12.6 Å². The highest BCUT2D eigenvalue weighted by atomic mass is 16.5. The van der Waals surface area contributed by atoms with Gasteiger partial charge in [-0.3, -0.25) is 19.2 Å². The summed E-state index contributed by atoms with van der Waals surface area (Å²) in [6.07, 6.45) is 1.42. The molecule has 27 heavy (non-hydrogen) atoms. The van der Waals surface area contributed by atoms with Gasteiger partial charge in [-0.15, -0.1) is 0 Å². The van der Waals surface area contributed by atoms with Crippen LogP contribution in [0.2, 0.25) is 0 Å². The summed E-state index contributed by atoms with van der Waals surface area (Å²) in [6, 6.07) is 0. The van der Waals surface area contributed by atoms with Crippen molar-refractivity contribution in [1.82, 2.24) is 24.4 Å². The number of aliphatic hydroxyl groups is 2. The Morgan fingerprint density at radius 1 is 1.41 bits per heavy atom. The molecule has 0 radical (unpaired) electrons. The molecule has 2 aliphatic heterocycles. The number of rotatable bonds is 5. The van der Waals surface area contributed by atoms with Crippen molar-refractivity contribution in [3.8, 4) is 0 Å². The summed E-state index contributed by atoms with van der Waals surface area (Å²) in [4.78, 5) is 29.8. The first-order valence-electron chi connectivity index (χ1n) is 8.89. The lowest BCUT2D eigenvalue weighted by Gasteiger charge is -2.24. The van der Waals surface area contributed by atoms with E-state index in [0.29, 0.717) is 25.4 Å². The van der Waals surface area contributed by atoms with E-state index in [0.717, 1.165) is 13.1 Å². The molecule has 0 spiro atoms. The maximum absolute atomic E-state index is 12.3. The largest absolute Gasteiger partial charge is 0.394 e. The van der Waals surface area contributed by atoms with Crippen molar-refractivity contribution >= 4 is 23.3 Å². The summed E-state index contributed by atoms with van der Waals surface area (Å²) < 4.78 is 12.5. The number of aliphatic hydroxyl groups excluding tert-OH is 2. The normalized spacial score (nSPS) is 27.1. The maximum Gasteiger partial charge on any atom is 0.280 e. The van der Waals surface area contributed by atoms with E-state index < -0.39 is 24.0 Å². The van der Waals surface area contributed by atoms with Crippen LogP contribution in [-0.4, -0.2) is 92.5 Å². The maximum atomic E-state index is 12.3. The quantitative estimate of drug-likeness (QED) is 0.551. The second-order valence-electron chi connectivity index (χ2n) is 6.55. The third kappa shape index (κ3) is 3.77. The van der Waals surface area contributed by atoms with Gasteiger partial charge in [0.1, 0.15) is 12.3 Å². The number of H-pyrrole nitrogens is 1. The van der Waals surface area contributed by atoms with Crippen molar-refractivity contribution in [1.29, 1.82) is 0 Å². The number of hydrogen-bond acceptors (Lipinski definition) is 9. The third-order valence-electron chi connectivity index (χ3n) is 4.77. The van der Waals surface area contributed by atoms with Crippen LogP contribution in [0.15, 0.2) is 16.1 Å². The summed E-state index contributed by atoms with van der Waals surface area (Å²) in [6.45, 7) is 3.45. The van der Waals surface area contributed by atoms with Crippen LogP contribution < -0.4 is 5.56 Å². The number of imidazole rings is 1. The minimum absolute atomic E-state index is 0.174. The highest BCUT2D eigenvalue weighted by Gasteiger charge is 2.35. The smallest absolute Gasteiger partial charge is 0.280 e. The summed E-state index contributed by atoms with van der Waals surface area (Å²) in [5.41, 5.74) is 0.107. The molecule has 0 amide bonds. The van der Waals surface area contributed by atoms with Crippen molar-refractivity contribution in [3.63, 3.8) is 0 Å². The van der Waals surface area contributed by atoms with Crippen molar-refractivity contribution in [2.24, 2.45) is 4.99 Å². The third-order valence-corrected chi connectivity index (χ3v) is 4.77. The van der Waals surface area contributed by atoms with Crippen LogP contribution >= 0.6 is 0 Å². The van der Waals surface area contributed by atoms with E-state index in [-0.39, 0.29) is 24.5 Å². The van der Waals surface area contributed by atoms with Gasteiger partial charge in [0.2, 0.25) is 5.95 Å². The number of hydrogen-bond donors (Lipinski definition) is 3. The van der Waals surface area contributed by atoms with Gasteiger partial charge in [0.15, 0.2) is 11.2 Å². The summed E-state index contributed by atoms with van der Waals surface area (Å²) in [7, 11) is 0. The number of aliphatic imine (C=N–C) groups is 1. The van der Waals surface area contributed by atoms with Crippen molar-refractivity contribution in [3.05, 3.63) is 16.7 Å². The first-order valence-corrected chi connectivity index (χ1v) is 8.89. The fourth-order valence-corrected chi connectivity index (χ4v) is 3.26. The predicted molar refractivity (Wildman–Crippen MR) is 95.2 cm³/mol. The van der Waals surface area contributed by atoms with E-state index in [1.54, 1.807) is 10.8 Å². The van der Waals surface area contributed by atoms with Gasteiger partial charge in [-0.2, -0.15) is 4.98 Å². The van der Waals surface area contributed by atoms with Gasteiger partial charge in [0.25, 0.3) is 5.56 Å². The molecule has 11 nitrogen and oxygen atoms in total. The minimum atomic E-state index is -0.787. The zero-order valence-electron chi connectivity index (χ0n) is 14.7. The number of nitrogens with one attached hydrogen (secondary N) is 1. The molecule has 2 aliphatic rings. The Morgan fingerprint density at radius 3 is 2.96 bits per heavy atom. The van der Waals surface area contributed by atoms with Gasteiger partial charge in [0.05, 0.1) is 32.3 Å².